The van der Waals surface area contributed by atoms with Gasteiger partial charge in [-0.1, -0.05) is 78.4 Å². The third-order valence-corrected chi connectivity index (χ3v) is 10.2. The van der Waals surface area contributed by atoms with Crippen LogP contribution >= 0.6 is 0 Å². The summed E-state index contributed by atoms with van der Waals surface area (Å²) in [6.45, 7) is 8.99. The van der Waals surface area contributed by atoms with Gasteiger partial charge < -0.3 is 25.2 Å². The Morgan fingerprint density at radius 2 is 1.68 bits per heavy atom. The second kappa shape index (κ2) is 9.89. The van der Waals surface area contributed by atoms with E-state index >= 15 is 0 Å². The molecular weight excluding hydrogens is 472 g/mol. The largest absolute Gasteiger partial charge is 0.459 e. The van der Waals surface area contributed by atoms with Gasteiger partial charge in [0.2, 0.25) is 0 Å². The molecule has 0 aliphatic heterocycles. The van der Waals surface area contributed by atoms with Crippen LogP contribution in [0, 0.1) is 29.1 Å². The van der Waals surface area contributed by atoms with Gasteiger partial charge in [0.05, 0.1) is 12.2 Å². The number of carbonyl (C=O) groups excluding carboxylic acids is 2. The van der Waals surface area contributed by atoms with Crippen molar-refractivity contribution in [2.75, 3.05) is 6.61 Å². The van der Waals surface area contributed by atoms with Gasteiger partial charge >= 0.3 is 5.97 Å². The van der Waals surface area contributed by atoms with Gasteiger partial charge in [-0.05, 0) is 24.5 Å². The topological polar surface area (TPSA) is 124 Å². The number of fused-ring (bicyclic) bond motifs is 5. The second-order valence-corrected chi connectivity index (χ2v) is 12.7. The van der Waals surface area contributed by atoms with Crippen LogP contribution < -0.4 is 0 Å². The summed E-state index contributed by atoms with van der Waals surface area (Å²) in [5.74, 6) is -3.66. The van der Waals surface area contributed by atoms with Gasteiger partial charge in [-0.25, -0.2) is 0 Å². The van der Waals surface area contributed by atoms with E-state index in [1.807, 2.05) is 13.8 Å². The lowest BCUT2D eigenvalue weighted by Crippen LogP contribution is -2.65. The third-order valence-electron chi connectivity index (χ3n) is 10.2. The number of aliphatic hydroxyl groups excluding tert-OH is 1. The van der Waals surface area contributed by atoms with Crippen LogP contribution in [0.1, 0.15) is 92.4 Å². The lowest BCUT2D eigenvalue weighted by atomic mass is 9.59. The lowest BCUT2D eigenvalue weighted by molar-refractivity contribution is -0.221. The summed E-state index contributed by atoms with van der Waals surface area (Å²) >= 11 is 0. The van der Waals surface area contributed by atoms with Crippen molar-refractivity contribution in [1.82, 2.24) is 0 Å². The normalized spacial score (nSPS) is 41.6. The number of ether oxygens (including phenoxy) is 1. The maximum absolute atomic E-state index is 13.1. The number of aliphatic hydroxyl groups is 4. The minimum Gasteiger partial charge on any atom is -0.459 e. The van der Waals surface area contributed by atoms with Gasteiger partial charge in [-0.3, -0.25) is 9.59 Å². The van der Waals surface area contributed by atoms with Crippen LogP contribution in [0.5, 0.6) is 0 Å². The minimum absolute atomic E-state index is 0.0827. The van der Waals surface area contributed by atoms with E-state index in [0.29, 0.717) is 17.6 Å². The highest BCUT2D eigenvalue weighted by atomic mass is 16.6. The van der Waals surface area contributed by atoms with E-state index in [1.165, 1.54) is 19.3 Å². The average molecular weight is 519 g/mol. The Morgan fingerprint density at radius 1 is 1.05 bits per heavy atom. The Hall–Kier alpha value is -1.54. The molecule has 4 N–H and O–H groups in total. The van der Waals surface area contributed by atoms with Gasteiger partial charge in [0.25, 0.3) is 0 Å². The molecule has 0 heterocycles. The number of esters is 1. The Morgan fingerprint density at radius 3 is 2.30 bits per heavy atom. The van der Waals surface area contributed by atoms with Crippen LogP contribution in [0.3, 0.4) is 0 Å². The maximum Gasteiger partial charge on any atom is 0.306 e. The lowest BCUT2D eigenvalue weighted by Gasteiger charge is -2.52. The summed E-state index contributed by atoms with van der Waals surface area (Å²) in [6.07, 6.45) is 10.1. The highest BCUT2D eigenvalue weighted by Crippen LogP contribution is 2.75. The van der Waals surface area contributed by atoms with Crippen molar-refractivity contribution in [3.05, 3.63) is 23.3 Å². The summed E-state index contributed by atoms with van der Waals surface area (Å²) in [7, 11) is 0. The smallest absolute Gasteiger partial charge is 0.306 e. The van der Waals surface area contributed by atoms with Gasteiger partial charge in [0, 0.05) is 41.9 Å². The first-order chi connectivity index (χ1) is 17.3. The molecular formula is C30H46O7. The molecule has 2 saturated carbocycles. The standard InChI is InChI=1S/C30H46O7/c1-6-7-8-9-10-11-12-13-23(32)37-26-19(3)29(35)21(24-27(4,5)30(24,26)36)15-20(17-31)16-28(34)22(29)14-18(2)25(28)33/h14-15,19,21-22,24,26,31,34-36H,6-13,16-17H2,1-5H3/t19-,21+,22?,24-,26-,28-,29-,30-/m1/s1. The Kier molecular flexibility index (Phi) is 7.61. The predicted octanol–water partition coefficient (Wildman–Crippen LogP) is 3.62. The summed E-state index contributed by atoms with van der Waals surface area (Å²) in [5.41, 5.74) is -4.75. The Bertz CT molecular complexity index is 982. The van der Waals surface area contributed by atoms with Crippen LogP contribution in [-0.2, 0) is 14.3 Å². The monoisotopic (exact) mass is 518 g/mol. The zero-order chi connectivity index (χ0) is 27.4. The van der Waals surface area contributed by atoms with Crippen LogP contribution in [0.25, 0.3) is 0 Å². The highest BCUT2D eigenvalue weighted by Gasteiger charge is 2.85. The van der Waals surface area contributed by atoms with Crippen LogP contribution in [0.4, 0.5) is 0 Å². The van der Waals surface area contributed by atoms with Crippen LogP contribution in [-0.4, -0.2) is 61.7 Å². The molecule has 4 aliphatic rings. The molecule has 7 nitrogen and oxygen atoms in total. The average Bonchev–Trinajstić information content (AvgIpc) is 3.24. The molecule has 0 spiro atoms. The molecule has 4 aliphatic carbocycles. The fourth-order valence-corrected chi connectivity index (χ4v) is 8.03. The van der Waals surface area contributed by atoms with E-state index < -0.39 is 63.7 Å². The molecule has 37 heavy (non-hydrogen) atoms. The molecule has 0 aromatic rings. The Balaban J connectivity index is 1.60. The first kappa shape index (κ1) is 28.5. The van der Waals surface area contributed by atoms with Gasteiger partial charge in [0.15, 0.2) is 5.78 Å². The van der Waals surface area contributed by atoms with Crippen molar-refractivity contribution >= 4 is 11.8 Å². The van der Waals surface area contributed by atoms with E-state index in [1.54, 1.807) is 26.0 Å². The summed E-state index contributed by atoms with van der Waals surface area (Å²) in [4.78, 5) is 26.1. The molecule has 8 atom stereocenters. The zero-order valence-electron chi connectivity index (χ0n) is 23.1. The Labute approximate surface area is 221 Å². The number of ketones is 1. The highest BCUT2D eigenvalue weighted by molar-refractivity contribution is 6.04. The summed E-state index contributed by atoms with van der Waals surface area (Å²) in [5, 5.41) is 46.1. The van der Waals surface area contributed by atoms with Crippen molar-refractivity contribution in [3.63, 3.8) is 0 Å². The van der Waals surface area contributed by atoms with E-state index in [-0.39, 0.29) is 19.4 Å². The number of Topliss-reactive ketones (excluding diaryl/α,β-unsaturated/α-hetero) is 1. The fourth-order valence-electron chi connectivity index (χ4n) is 8.03. The predicted molar refractivity (Wildman–Crippen MR) is 139 cm³/mol. The van der Waals surface area contributed by atoms with E-state index in [4.69, 9.17) is 4.74 Å². The molecule has 0 radical (unpaired) electrons. The molecule has 208 valence electrons. The second-order valence-electron chi connectivity index (χ2n) is 12.7. The summed E-state index contributed by atoms with van der Waals surface area (Å²) < 4.78 is 5.98. The van der Waals surface area contributed by atoms with Crippen molar-refractivity contribution in [2.24, 2.45) is 29.1 Å². The summed E-state index contributed by atoms with van der Waals surface area (Å²) in [6, 6.07) is 0. The van der Waals surface area contributed by atoms with Crippen molar-refractivity contribution in [2.45, 2.75) is 115 Å². The van der Waals surface area contributed by atoms with Gasteiger partial charge in [0.1, 0.15) is 17.3 Å². The van der Waals surface area contributed by atoms with Crippen LogP contribution in [0.2, 0.25) is 0 Å². The van der Waals surface area contributed by atoms with Crippen LogP contribution in [0.15, 0.2) is 23.3 Å². The molecule has 7 heteroatoms. The first-order valence-electron chi connectivity index (χ1n) is 14.2. The van der Waals surface area contributed by atoms with Gasteiger partial charge in [-0.2, -0.15) is 0 Å². The number of hydrogen-bond acceptors (Lipinski definition) is 7. The SMILES string of the molecule is CCCCCCCCCC(=O)O[C@@H]1[C@@H](C)[C@]2(O)C3C=C(C)C(=O)[C@@]3(O)CC(CO)=C[C@H]2[C@@H]2C(C)(C)[C@]12O. The van der Waals surface area contributed by atoms with Crippen molar-refractivity contribution < 1.29 is 34.8 Å². The quantitative estimate of drug-likeness (QED) is 0.198. The van der Waals surface area contributed by atoms with E-state index in [2.05, 4.69) is 6.92 Å². The molecule has 0 aromatic carbocycles. The van der Waals surface area contributed by atoms with Gasteiger partial charge in [-0.15, -0.1) is 0 Å². The van der Waals surface area contributed by atoms with E-state index in [0.717, 1.165) is 19.3 Å². The molecule has 0 amide bonds. The minimum atomic E-state index is -1.89. The van der Waals surface area contributed by atoms with Crippen molar-refractivity contribution in [1.29, 1.82) is 0 Å². The maximum atomic E-state index is 13.1. The zero-order valence-corrected chi connectivity index (χ0v) is 23.1. The van der Waals surface area contributed by atoms with Crippen molar-refractivity contribution in [3.8, 4) is 0 Å². The molecule has 0 bridgehead atoms. The number of unbranched alkanes of at least 4 members (excludes halogenated alkanes) is 6. The number of carbonyl (C=O) groups is 2. The molecule has 0 saturated heterocycles. The first-order valence-corrected chi connectivity index (χ1v) is 14.2. The number of hydrogen-bond donors (Lipinski definition) is 4. The van der Waals surface area contributed by atoms with E-state index in [9.17, 15) is 30.0 Å². The fraction of sp³-hybridized carbons (Fsp3) is 0.800. The molecule has 2 fully saturated rings. The molecule has 1 unspecified atom stereocenters. The number of rotatable bonds is 10. The molecule has 0 aromatic heterocycles. The third kappa shape index (κ3) is 4.16. The molecule has 4 rings (SSSR count).